The molecule has 3 nitrogen and oxygen atoms in total. The van der Waals surface area contributed by atoms with Gasteiger partial charge in [-0.1, -0.05) is 35.9 Å². The lowest BCUT2D eigenvalue weighted by Crippen LogP contribution is -2.25. The standard InChI is InChI=1S/C20H22FN3/c1-14-7-8-17(15(2)11-14)13-23-19(20-22-9-10-24(20)3)16-5-4-6-18(21)12-16/h4-12,19,23H,13H2,1-3H3. The summed E-state index contributed by atoms with van der Waals surface area (Å²) in [5.74, 6) is 0.630. The Balaban J connectivity index is 1.89. The van der Waals surface area contributed by atoms with Crippen LogP contribution in [0.2, 0.25) is 0 Å². The molecule has 0 saturated heterocycles. The molecule has 0 aliphatic rings. The molecule has 124 valence electrons. The number of aromatic nitrogens is 2. The van der Waals surface area contributed by atoms with Crippen molar-refractivity contribution in [3.05, 3.63) is 88.8 Å². The lowest BCUT2D eigenvalue weighted by atomic mass is 10.0. The zero-order chi connectivity index (χ0) is 17.1. The first kappa shape index (κ1) is 16.4. The number of hydrogen-bond acceptors (Lipinski definition) is 2. The summed E-state index contributed by atoms with van der Waals surface area (Å²) in [6, 6.07) is 12.9. The molecular formula is C20H22FN3. The van der Waals surface area contributed by atoms with E-state index in [0.717, 1.165) is 11.4 Å². The van der Waals surface area contributed by atoms with Crippen LogP contribution in [0.3, 0.4) is 0 Å². The van der Waals surface area contributed by atoms with Crippen LogP contribution in [0.5, 0.6) is 0 Å². The molecule has 1 aromatic heterocycles. The van der Waals surface area contributed by atoms with E-state index in [1.54, 1.807) is 18.3 Å². The Morgan fingerprint density at radius 1 is 1.17 bits per heavy atom. The summed E-state index contributed by atoms with van der Waals surface area (Å²) in [5, 5.41) is 3.53. The van der Waals surface area contributed by atoms with Crippen molar-refractivity contribution in [2.45, 2.75) is 26.4 Å². The Morgan fingerprint density at radius 3 is 2.67 bits per heavy atom. The monoisotopic (exact) mass is 323 g/mol. The van der Waals surface area contributed by atoms with Gasteiger partial charge >= 0.3 is 0 Å². The minimum absolute atomic E-state index is 0.165. The second-order valence-electron chi connectivity index (χ2n) is 6.20. The fourth-order valence-corrected chi connectivity index (χ4v) is 2.96. The molecule has 1 unspecified atom stereocenters. The van der Waals surface area contributed by atoms with Crippen LogP contribution in [0.4, 0.5) is 4.39 Å². The second-order valence-corrected chi connectivity index (χ2v) is 6.20. The van der Waals surface area contributed by atoms with Crippen molar-refractivity contribution in [2.24, 2.45) is 7.05 Å². The normalized spacial score (nSPS) is 12.3. The van der Waals surface area contributed by atoms with E-state index in [1.807, 2.05) is 23.9 Å². The molecule has 0 radical (unpaired) electrons. The third kappa shape index (κ3) is 3.54. The number of hydrogen-bond donors (Lipinski definition) is 1. The van der Waals surface area contributed by atoms with Crippen LogP contribution < -0.4 is 5.32 Å². The van der Waals surface area contributed by atoms with Gasteiger partial charge in [0.25, 0.3) is 0 Å². The summed E-state index contributed by atoms with van der Waals surface area (Å²) in [6.45, 7) is 4.90. The third-order valence-corrected chi connectivity index (χ3v) is 4.29. The van der Waals surface area contributed by atoms with Gasteiger partial charge < -0.3 is 4.57 Å². The predicted molar refractivity (Wildman–Crippen MR) is 94.2 cm³/mol. The quantitative estimate of drug-likeness (QED) is 0.767. The molecule has 2 aromatic carbocycles. The van der Waals surface area contributed by atoms with E-state index >= 15 is 0 Å². The lowest BCUT2D eigenvalue weighted by Gasteiger charge is -2.20. The Kier molecular flexibility index (Phi) is 4.76. The average molecular weight is 323 g/mol. The molecule has 4 heteroatoms. The van der Waals surface area contributed by atoms with Crippen molar-refractivity contribution in [1.82, 2.24) is 14.9 Å². The maximum atomic E-state index is 13.7. The Morgan fingerprint density at radius 2 is 2.00 bits per heavy atom. The molecule has 1 N–H and O–H groups in total. The largest absolute Gasteiger partial charge is 0.336 e. The van der Waals surface area contributed by atoms with E-state index in [2.05, 4.69) is 42.3 Å². The van der Waals surface area contributed by atoms with Crippen LogP contribution in [0.15, 0.2) is 54.9 Å². The molecule has 3 aromatic rings. The molecule has 1 atom stereocenters. The van der Waals surface area contributed by atoms with Gasteiger partial charge in [0.15, 0.2) is 0 Å². The molecule has 0 bridgehead atoms. The second kappa shape index (κ2) is 6.97. The van der Waals surface area contributed by atoms with Crippen LogP contribution in [-0.4, -0.2) is 9.55 Å². The number of nitrogens with zero attached hydrogens (tertiary/aromatic N) is 2. The van der Waals surface area contributed by atoms with Crippen molar-refractivity contribution >= 4 is 0 Å². The van der Waals surface area contributed by atoms with Gasteiger partial charge in [-0.3, -0.25) is 5.32 Å². The first-order valence-corrected chi connectivity index (χ1v) is 8.07. The molecule has 0 aliphatic carbocycles. The van der Waals surface area contributed by atoms with Crippen molar-refractivity contribution in [3.63, 3.8) is 0 Å². The summed E-state index contributed by atoms with van der Waals surface area (Å²) in [7, 11) is 1.95. The molecular weight excluding hydrogens is 301 g/mol. The summed E-state index contributed by atoms with van der Waals surface area (Å²) in [6.07, 6.45) is 3.67. The summed E-state index contributed by atoms with van der Waals surface area (Å²) in [4.78, 5) is 4.45. The van der Waals surface area contributed by atoms with Crippen LogP contribution in [0.1, 0.15) is 34.1 Å². The molecule has 3 rings (SSSR count). The van der Waals surface area contributed by atoms with Crippen molar-refractivity contribution < 1.29 is 4.39 Å². The van der Waals surface area contributed by atoms with Gasteiger partial charge in [-0.05, 0) is 42.7 Å². The molecule has 0 amide bonds. The Hall–Kier alpha value is -2.46. The number of imidazole rings is 1. The first-order chi connectivity index (χ1) is 11.5. The average Bonchev–Trinajstić information content (AvgIpc) is 2.96. The molecule has 1 heterocycles. The summed E-state index contributed by atoms with van der Waals surface area (Å²) in [5.41, 5.74) is 4.60. The fourth-order valence-electron chi connectivity index (χ4n) is 2.96. The summed E-state index contributed by atoms with van der Waals surface area (Å²) >= 11 is 0. The van der Waals surface area contributed by atoms with Crippen LogP contribution >= 0.6 is 0 Å². The zero-order valence-corrected chi connectivity index (χ0v) is 14.3. The maximum Gasteiger partial charge on any atom is 0.130 e. The SMILES string of the molecule is Cc1ccc(CNC(c2cccc(F)c2)c2nccn2C)c(C)c1. The Bertz CT molecular complexity index is 838. The van der Waals surface area contributed by atoms with E-state index in [-0.39, 0.29) is 11.9 Å². The van der Waals surface area contributed by atoms with E-state index < -0.39 is 0 Å². The number of rotatable bonds is 5. The highest BCUT2D eigenvalue weighted by molar-refractivity contribution is 5.31. The molecule has 0 saturated carbocycles. The summed E-state index contributed by atoms with van der Waals surface area (Å²) < 4.78 is 15.6. The smallest absolute Gasteiger partial charge is 0.130 e. The number of aryl methyl sites for hydroxylation is 3. The number of nitrogens with one attached hydrogen (secondary N) is 1. The Labute approximate surface area is 142 Å². The van der Waals surface area contributed by atoms with Gasteiger partial charge in [-0.15, -0.1) is 0 Å². The van der Waals surface area contributed by atoms with E-state index in [9.17, 15) is 4.39 Å². The first-order valence-electron chi connectivity index (χ1n) is 8.07. The number of halogens is 1. The van der Waals surface area contributed by atoms with Crippen molar-refractivity contribution in [2.75, 3.05) is 0 Å². The van der Waals surface area contributed by atoms with E-state index in [4.69, 9.17) is 0 Å². The van der Waals surface area contributed by atoms with Crippen molar-refractivity contribution in [3.8, 4) is 0 Å². The molecule has 0 fully saturated rings. The lowest BCUT2D eigenvalue weighted by molar-refractivity contribution is 0.550. The topological polar surface area (TPSA) is 29.9 Å². The van der Waals surface area contributed by atoms with Gasteiger partial charge in [0.05, 0.1) is 6.04 Å². The third-order valence-electron chi connectivity index (χ3n) is 4.29. The highest BCUT2D eigenvalue weighted by Crippen LogP contribution is 2.22. The molecule has 0 spiro atoms. The van der Waals surface area contributed by atoms with Gasteiger partial charge in [0.1, 0.15) is 11.6 Å². The predicted octanol–water partition coefficient (Wildman–Crippen LogP) is 4.06. The molecule has 0 aliphatic heterocycles. The highest BCUT2D eigenvalue weighted by atomic mass is 19.1. The zero-order valence-electron chi connectivity index (χ0n) is 14.3. The minimum Gasteiger partial charge on any atom is -0.336 e. The van der Waals surface area contributed by atoms with Gasteiger partial charge in [0, 0.05) is 26.0 Å². The molecule has 24 heavy (non-hydrogen) atoms. The van der Waals surface area contributed by atoms with E-state index in [1.165, 1.54) is 22.8 Å². The minimum atomic E-state index is -0.236. The van der Waals surface area contributed by atoms with E-state index in [0.29, 0.717) is 6.54 Å². The van der Waals surface area contributed by atoms with Gasteiger partial charge in [0.2, 0.25) is 0 Å². The van der Waals surface area contributed by atoms with Crippen LogP contribution in [0, 0.1) is 19.7 Å². The highest BCUT2D eigenvalue weighted by Gasteiger charge is 2.18. The van der Waals surface area contributed by atoms with Crippen LogP contribution in [-0.2, 0) is 13.6 Å². The number of benzene rings is 2. The van der Waals surface area contributed by atoms with Gasteiger partial charge in [-0.25, -0.2) is 9.37 Å². The fraction of sp³-hybridized carbons (Fsp3) is 0.250. The van der Waals surface area contributed by atoms with Crippen LogP contribution in [0.25, 0.3) is 0 Å². The van der Waals surface area contributed by atoms with Gasteiger partial charge in [-0.2, -0.15) is 0 Å². The van der Waals surface area contributed by atoms with Crippen molar-refractivity contribution in [1.29, 1.82) is 0 Å². The maximum absolute atomic E-state index is 13.7.